The van der Waals surface area contributed by atoms with Crippen molar-refractivity contribution in [1.82, 2.24) is 20.5 Å². The Balaban J connectivity index is 0.000000408. The third-order valence-electron chi connectivity index (χ3n) is 7.58. The van der Waals surface area contributed by atoms with E-state index in [2.05, 4.69) is 20.5 Å². The molecule has 1 spiro atoms. The third kappa shape index (κ3) is 10.2. The number of hydrogen-bond donors (Lipinski definition) is 4. The Bertz CT molecular complexity index is 1650. The normalized spacial score (nSPS) is 16.1. The molecule has 0 saturated carbocycles. The number of piperidine rings is 1. The van der Waals surface area contributed by atoms with Gasteiger partial charge in [-0.25, -0.2) is 14.6 Å². The molecule has 0 unspecified atom stereocenters. The SMILES string of the molecule is O=C(NCCN1CCC2(CC1)C(=O)NCN2c1ccc(C(F)(F)F)nc1)c1ccc2ccccc2c1.O=C(O)C(F)(F)F.O=C(O)C(F)(F)F. The maximum atomic E-state index is 12.9. The number of benzene rings is 2. The topological polar surface area (TPSA) is 152 Å². The number of fused-ring (bicyclic) bond motifs is 1. The number of carboxylic acids is 2. The largest absolute Gasteiger partial charge is 0.490 e. The van der Waals surface area contributed by atoms with Crippen LogP contribution in [0.25, 0.3) is 10.8 Å². The van der Waals surface area contributed by atoms with Crippen LogP contribution in [0.1, 0.15) is 28.9 Å². The molecule has 2 amide bonds. The first-order chi connectivity index (χ1) is 23.1. The summed E-state index contributed by atoms with van der Waals surface area (Å²) in [5, 5.41) is 22.1. The molecule has 20 heteroatoms. The number of carbonyl (C=O) groups excluding carboxylic acids is 2. The lowest BCUT2D eigenvalue weighted by Crippen LogP contribution is -2.57. The second-order valence-electron chi connectivity index (χ2n) is 10.8. The summed E-state index contributed by atoms with van der Waals surface area (Å²) in [4.78, 5) is 50.7. The van der Waals surface area contributed by atoms with Gasteiger partial charge in [0, 0.05) is 31.7 Å². The van der Waals surface area contributed by atoms with E-state index in [0.29, 0.717) is 50.3 Å². The van der Waals surface area contributed by atoms with E-state index in [0.717, 1.165) is 16.8 Å². The monoisotopic (exact) mass is 725 g/mol. The molecule has 11 nitrogen and oxygen atoms in total. The molecule has 0 atom stereocenters. The molecule has 50 heavy (non-hydrogen) atoms. The highest BCUT2D eigenvalue weighted by molar-refractivity contribution is 5.98. The number of amides is 2. The molecule has 5 rings (SSSR count). The van der Waals surface area contributed by atoms with Crippen LogP contribution in [0.4, 0.5) is 45.2 Å². The van der Waals surface area contributed by atoms with Crippen LogP contribution in [0, 0.1) is 0 Å². The lowest BCUT2D eigenvalue weighted by atomic mass is 9.85. The molecule has 2 aliphatic heterocycles. The number of aromatic nitrogens is 1. The fraction of sp³-hybridized carbons (Fsp3) is 0.367. The lowest BCUT2D eigenvalue weighted by molar-refractivity contribution is -0.193. The number of nitrogens with one attached hydrogen (secondary N) is 2. The van der Waals surface area contributed by atoms with E-state index in [1.165, 1.54) is 12.3 Å². The molecule has 2 aliphatic rings. The zero-order chi connectivity index (χ0) is 37.5. The first-order valence-corrected chi connectivity index (χ1v) is 14.3. The number of carbonyl (C=O) groups is 4. The zero-order valence-corrected chi connectivity index (χ0v) is 25.5. The maximum Gasteiger partial charge on any atom is 0.490 e. The van der Waals surface area contributed by atoms with Crippen LogP contribution >= 0.6 is 0 Å². The van der Waals surface area contributed by atoms with Gasteiger partial charge < -0.3 is 30.6 Å². The lowest BCUT2D eigenvalue weighted by Gasteiger charge is -2.43. The van der Waals surface area contributed by atoms with Crippen molar-refractivity contribution in [1.29, 1.82) is 0 Å². The second kappa shape index (κ2) is 15.6. The van der Waals surface area contributed by atoms with Gasteiger partial charge in [0.15, 0.2) is 0 Å². The number of alkyl halides is 9. The van der Waals surface area contributed by atoms with Gasteiger partial charge in [0.05, 0.1) is 18.6 Å². The Morgan fingerprint density at radius 1 is 0.840 bits per heavy atom. The quantitative estimate of drug-likeness (QED) is 0.275. The van der Waals surface area contributed by atoms with Gasteiger partial charge in [-0.15, -0.1) is 0 Å². The van der Waals surface area contributed by atoms with Crippen molar-refractivity contribution in [2.45, 2.75) is 36.9 Å². The van der Waals surface area contributed by atoms with Crippen molar-refractivity contribution in [3.8, 4) is 0 Å². The van der Waals surface area contributed by atoms with Gasteiger partial charge in [0.2, 0.25) is 5.91 Å². The molecule has 2 aromatic carbocycles. The molecular weight excluding hydrogens is 697 g/mol. The van der Waals surface area contributed by atoms with Gasteiger partial charge >= 0.3 is 30.5 Å². The third-order valence-corrected chi connectivity index (χ3v) is 7.58. The second-order valence-corrected chi connectivity index (χ2v) is 10.8. The van der Waals surface area contributed by atoms with E-state index >= 15 is 0 Å². The molecule has 2 saturated heterocycles. The number of carboxylic acid groups (broad SMARTS) is 2. The van der Waals surface area contributed by atoms with Gasteiger partial charge in [0.25, 0.3) is 5.91 Å². The predicted octanol–water partition coefficient (Wildman–Crippen LogP) is 4.68. The Morgan fingerprint density at radius 2 is 1.40 bits per heavy atom. The number of hydrogen-bond acceptors (Lipinski definition) is 7. The number of pyridine rings is 1. The van der Waals surface area contributed by atoms with Crippen LogP contribution in [0.2, 0.25) is 0 Å². The Kier molecular flexibility index (Phi) is 12.3. The predicted molar refractivity (Wildman–Crippen MR) is 157 cm³/mol. The van der Waals surface area contributed by atoms with E-state index in [4.69, 9.17) is 19.8 Å². The van der Waals surface area contributed by atoms with Crippen molar-refractivity contribution >= 4 is 40.2 Å². The average molecular weight is 726 g/mol. The highest BCUT2D eigenvalue weighted by atomic mass is 19.4. The van der Waals surface area contributed by atoms with E-state index in [-0.39, 0.29) is 18.5 Å². The van der Waals surface area contributed by atoms with Crippen molar-refractivity contribution < 1.29 is 68.9 Å². The van der Waals surface area contributed by atoms with Crippen LogP contribution in [-0.2, 0) is 20.6 Å². The first kappa shape index (κ1) is 39.3. The molecule has 272 valence electrons. The highest BCUT2D eigenvalue weighted by Gasteiger charge is 2.50. The summed E-state index contributed by atoms with van der Waals surface area (Å²) in [6, 6.07) is 15.8. The minimum atomic E-state index is -5.08. The van der Waals surface area contributed by atoms with Gasteiger partial charge in [-0.3, -0.25) is 9.59 Å². The van der Waals surface area contributed by atoms with E-state index in [1.54, 1.807) is 0 Å². The van der Waals surface area contributed by atoms with Gasteiger partial charge in [-0.05, 0) is 47.9 Å². The fourth-order valence-electron chi connectivity index (χ4n) is 5.04. The summed E-state index contributed by atoms with van der Waals surface area (Å²) < 4.78 is 102. The number of aliphatic carboxylic acids is 2. The molecule has 2 fully saturated rings. The van der Waals surface area contributed by atoms with Crippen LogP contribution in [-0.4, -0.2) is 94.6 Å². The molecule has 3 aromatic rings. The Hall–Kier alpha value is -5.14. The summed E-state index contributed by atoms with van der Waals surface area (Å²) in [5.74, 6) is -5.77. The first-order valence-electron chi connectivity index (χ1n) is 14.3. The fourth-order valence-corrected chi connectivity index (χ4v) is 5.04. The summed E-state index contributed by atoms with van der Waals surface area (Å²) in [7, 11) is 0. The molecule has 0 aliphatic carbocycles. The summed E-state index contributed by atoms with van der Waals surface area (Å²) in [6.07, 6.45) is -12.4. The molecule has 4 N–H and O–H groups in total. The van der Waals surface area contributed by atoms with Crippen molar-refractivity contribution in [2.75, 3.05) is 37.7 Å². The van der Waals surface area contributed by atoms with E-state index in [1.807, 2.05) is 47.4 Å². The van der Waals surface area contributed by atoms with Crippen LogP contribution in [0.15, 0.2) is 60.8 Å². The summed E-state index contributed by atoms with van der Waals surface area (Å²) in [6.45, 7) is 2.59. The minimum absolute atomic E-state index is 0.119. The van der Waals surface area contributed by atoms with Crippen LogP contribution in [0.5, 0.6) is 0 Å². The average Bonchev–Trinajstić information content (AvgIpc) is 3.35. The van der Waals surface area contributed by atoms with Gasteiger partial charge in [0.1, 0.15) is 11.2 Å². The molecule has 0 bridgehead atoms. The van der Waals surface area contributed by atoms with Crippen LogP contribution in [0.3, 0.4) is 0 Å². The maximum absolute atomic E-state index is 12.9. The molecular formula is C30H28F9N5O6. The smallest absolute Gasteiger partial charge is 0.475 e. The number of nitrogens with zero attached hydrogens (tertiary/aromatic N) is 3. The summed E-state index contributed by atoms with van der Waals surface area (Å²) in [5.41, 5.74) is -0.682. The number of likely N-dealkylation sites (tertiary alicyclic amines) is 1. The van der Waals surface area contributed by atoms with E-state index in [9.17, 15) is 49.1 Å². The molecule has 3 heterocycles. The zero-order valence-electron chi connectivity index (χ0n) is 25.5. The summed E-state index contributed by atoms with van der Waals surface area (Å²) >= 11 is 0. The van der Waals surface area contributed by atoms with Crippen molar-refractivity contribution in [3.05, 3.63) is 72.1 Å². The molecule has 0 radical (unpaired) electrons. The Morgan fingerprint density at radius 3 is 1.90 bits per heavy atom. The molecule has 1 aromatic heterocycles. The van der Waals surface area contributed by atoms with Crippen molar-refractivity contribution in [3.63, 3.8) is 0 Å². The van der Waals surface area contributed by atoms with E-state index < -0.39 is 41.7 Å². The minimum Gasteiger partial charge on any atom is -0.475 e. The Labute approximate surface area is 276 Å². The number of halogens is 9. The van der Waals surface area contributed by atoms with Gasteiger partial charge in [-0.2, -0.15) is 39.5 Å². The number of anilines is 1. The number of rotatable bonds is 5. The highest BCUT2D eigenvalue weighted by Crippen LogP contribution is 2.37. The van der Waals surface area contributed by atoms with Gasteiger partial charge in [-0.1, -0.05) is 30.3 Å². The van der Waals surface area contributed by atoms with Crippen LogP contribution < -0.4 is 15.5 Å². The standard InChI is InChI=1S/C26H26F3N5O2.2C2HF3O2/c27-26(28,29)22-8-7-21(16-31-22)34-17-32-24(36)25(34)9-12-33(13-10-25)14-11-30-23(35)20-6-5-18-3-1-2-4-19(18)15-20;2*3-2(4,5)1(6)7/h1-8,15-16H,9-14,17H2,(H,30,35)(H,32,36);2*(H,6,7). The van der Waals surface area contributed by atoms with Crippen molar-refractivity contribution in [2.24, 2.45) is 0 Å².